The first kappa shape index (κ1) is 14.5. The van der Waals surface area contributed by atoms with Crippen molar-refractivity contribution in [3.05, 3.63) is 90.3 Å². The Morgan fingerprint density at radius 2 is 1.50 bits per heavy atom. The molecule has 2 aromatic carbocycles. The van der Waals surface area contributed by atoms with E-state index in [2.05, 4.69) is 48.3 Å². The molecule has 2 nitrogen and oxygen atoms in total. The molecule has 0 aliphatic carbocycles. The molecule has 3 aromatic rings. The van der Waals surface area contributed by atoms with E-state index in [1.54, 1.807) is 6.20 Å². The van der Waals surface area contributed by atoms with Crippen LogP contribution in [0.25, 0.3) is 0 Å². The van der Waals surface area contributed by atoms with Crippen molar-refractivity contribution >= 4 is 17.8 Å². The topological polar surface area (TPSA) is 22.1 Å². The Morgan fingerprint density at radius 1 is 0.818 bits per heavy atom. The maximum Gasteiger partial charge on any atom is 0.361 e. The number of aryl methyl sites for hydroxylation is 1. The normalized spacial score (nSPS) is 10.4. The highest BCUT2D eigenvalue weighted by molar-refractivity contribution is 6.80. The summed E-state index contributed by atoms with van der Waals surface area (Å²) in [4.78, 5) is 4.33. The molecule has 1 aromatic heterocycles. The van der Waals surface area contributed by atoms with Gasteiger partial charge in [0.25, 0.3) is 0 Å². The van der Waals surface area contributed by atoms with E-state index < -0.39 is 0 Å². The fourth-order valence-electron chi connectivity index (χ4n) is 2.41. The van der Waals surface area contributed by atoms with E-state index in [1.165, 1.54) is 5.56 Å². The third-order valence-electron chi connectivity index (χ3n) is 3.61. The first-order chi connectivity index (χ1) is 10.8. The van der Waals surface area contributed by atoms with Crippen molar-refractivity contribution < 1.29 is 4.65 Å². The van der Waals surface area contributed by atoms with Gasteiger partial charge in [-0.15, -0.1) is 0 Å². The Morgan fingerprint density at radius 3 is 2.18 bits per heavy atom. The monoisotopic (exact) mass is 287 g/mol. The summed E-state index contributed by atoms with van der Waals surface area (Å²) in [5.41, 5.74) is 4.51. The van der Waals surface area contributed by atoms with Crippen LogP contribution < -0.4 is 10.9 Å². The third-order valence-corrected chi connectivity index (χ3v) is 3.61. The highest BCUT2D eigenvalue weighted by Crippen LogP contribution is 2.02. The average Bonchev–Trinajstić information content (AvgIpc) is 2.58. The Kier molecular flexibility index (Phi) is 4.66. The molecule has 0 unspecified atom stereocenters. The van der Waals surface area contributed by atoms with Gasteiger partial charge in [-0.2, -0.15) is 0 Å². The van der Waals surface area contributed by atoms with Crippen molar-refractivity contribution in [2.45, 2.75) is 13.5 Å². The molecular formula is C19H18BNO. The molecule has 0 radical (unpaired) electrons. The molecule has 0 fully saturated rings. The van der Waals surface area contributed by atoms with Gasteiger partial charge in [0.1, 0.15) is 0 Å². The van der Waals surface area contributed by atoms with Crippen LogP contribution in [0.2, 0.25) is 0 Å². The molecule has 0 atom stereocenters. The quantitative estimate of drug-likeness (QED) is 0.673. The number of pyridine rings is 1. The second-order valence-corrected chi connectivity index (χ2v) is 5.33. The summed E-state index contributed by atoms with van der Waals surface area (Å²) in [6.07, 6.45) is 1.79. The molecule has 0 saturated carbocycles. The second-order valence-electron chi connectivity index (χ2n) is 5.33. The fraction of sp³-hybridized carbons (Fsp3) is 0.105. The molecule has 108 valence electrons. The van der Waals surface area contributed by atoms with Crippen LogP contribution in [0.3, 0.4) is 0 Å². The first-order valence-electron chi connectivity index (χ1n) is 7.46. The molecular weight excluding hydrogens is 269 g/mol. The van der Waals surface area contributed by atoms with Crippen molar-refractivity contribution in [2.24, 2.45) is 0 Å². The molecule has 0 N–H and O–H groups in total. The van der Waals surface area contributed by atoms with Gasteiger partial charge in [-0.1, -0.05) is 66.2 Å². The first-order valence-corrected chi connectivity index (χ1v) is 7.46. The SMILES string of the molecule is Cc1ccc(B(OCc2ccccn2)c2ccccc2)cc1. The van der Waals surface area contributed by atoms with E-state index in [4.69, 9.17) is 4.65 Å². The second kappa shape index (κ2) is 7.05. The van der Waals surface area contributed by atoms with Gasteiger partial charge in [0.2, 0.25) is 0 Å². The van der Waals surface area contributed by atoms with Crippen molar-refractivity contribution in [2.75, 3.05) is 0 Å². The maximum absolute atomic E-state index is 6.18. The number of rotatable bonds is 5. The number of aromatic nitrogens is 1. The van der Waals surface area contributed by atoms with Crippen LogP contribution in [0.1, 0.15) is 11.3 Å². The molecule has 0 aliphatic heterocycles. The van der Waals surface area contributed by atoms with Crippen LogP contribution in [0.5, 0.6) is 0 Å². The van der Waals surface area contributed by atoms with E-state index in [-0.39, 0.29) is 6.92 Å². The van der Waals surface area contributed by atoms with Crippen LogP contribution in [0.15, 0.2) is 79.0 Å². The van der Waals surface area contributed by atoms with Crippen LogP contribution in [-0.4, -0.2) is 11.9 Å². The van der Waals surface area contributed by atoms with Gasteiger partial charge in [-0.05, 0) is 30.0 Å². The summed E-state index contributed by atoms with van der Waals surface area (Å²) in [7, 11) is 0. The van der Waals surface area contributed by atoms with Gasteiger partial charge >= 0.3 is 6.92 Å². The van der Waals surface area contributed by atoms with Gasteiger partial charge in [0.15, 0.2) is 0 Å². The zero-order chi connectivity index (χ0) is 15.2. The Labute approximate surface area is 131 Å². The van der Waals surface area contributed by atoms with Crippen molar-refractivity contribution in [1.82, 2.24) is 4.98 Å². The van der Waals surface area contributed by atoms with Gasteiger partial charge in [-0.3, -0.25) is 4.98 Å². The minimum atomic E-state index is -0.0798. The van der Waals surface area contributed by atoms with Crippen molar-refractivity contribution in [1.29, 1.82) is 0 Å². The average molecular weight is 287 g/mol. The van der Waals surface area contributed by atoms with Crippen LogP contribution in [-0.2, 0) is 11.3 Å². The minimum Gasteiger partial charge on any atom is -0.421 e. The van der Waals surface area contributed by atoms with Crippen molar-refractivity contribution in [3.63, 3.8) is 0 Å². The number of benzene rings is 2. The van der Waals surface area contributed by atoms with Crippen LogP contribution >= 0.6 is 0 Å². The largest absolute Gasteiger partial charge is 0.421 e. The predicted molar refractivity (Wildman–Crippen MR) is 91.7 cm³/mol. The lowest BCUT2D eigenvalue weighted by Crippen LogP contribution is -2.44. The summed E-state index contributed by atoms with van der Waals surface area (Å²) in [6.45, 7) is 2.51. The molecule has 0 bridgehead atoms. The van der Waals surface area contributed by atoms with E-state index in [0.717, 1.165) is 16.6 Å². The van der Waals surface area contributed by atoms with Crippen molar-refractivity contribution in [3.8, 4) is 0 Å². The molecule has 0 amide bonds. The number of hydrogen-bond donors (Lipinski definition) is 0. The van der Waals surface area contributed by atoms with Gasteiger partial charge in [-0.25, -0.2) is 0 Å². The molecule has 0 spiro atoms. The van der Waals surface area contributed by atoms with E-state index in [0.29, 0.717) is 6.61 Å². The standard InChI is InChI=1S/C19H18BNO/c1-16-10-12-18(13-11-16)20(17-7-3-2-4-8-17)22-15-19-9-5-6-14-21-19/h2-14H,15H2,1H3. The van der Waals surface area contributed by atoms with Crippen LogP contribution in [0, 0.1) is 6.92 Å². The number of nitrogens with zero attached hydrogens (tertiary/aromatic N) is 1. The maximum atomic E-state index is 6.18. The molecule has 22 heavy (non-hydrogen) atoms. The molecule has 0 saturated heterocycles. The van der Waals surface area contributed by atoms with E-state index >= 15 is 0 Å². The Balaban J connectivity index is 1.85. The molecule has 3 heteroatoms. The zero-order valence-corrected chi connectivity index (χ0v) is 12.6. The molecule has 1 heterocycles. The Hall–Kier alpha value is -2.39. The third kappa shape index (κ3) is 3.63. The summed E-state index contributed by atoms with van der Waals surface area (Å²) >= 11 is 0. The zero-order valence-electron chi connectivity index (χ0n) is 12.6. The highest BCUT2D eigenvalue weighted by Gasteiger charge is 2.21. The molecule has 0 aliphatic rings. The Bertz CT molecular complexity index is 699. The van der Waals surface area contributed by atoms with E-state index in [1.807, 2.05) is 36.4 Å². The molecule has 3 rings (SSSR count). The number of hydrogen-bond acceptors (Lipinski definition) is 2. The highest BCUT2D eigenvalue weighted by atomic mass is 16.4. The summed E-state index contributed by atoms with van der Waals surface area (Å²) in [5, 5.41) is 0. The lowest BCUT2D eigenvalue weighted by molar-refractivity contribution is 0.316. The predicted octanol–water partition coefficient (Wildman–Crippen LogP) is 2.71. The minimum absolute atomic E-state index is 0.0798. The van der Waals surface area contributed by atoms with Gasteiger partial charge in [0.05, 0.1) is 12.3 Å². The summed E-state index contributed by atoms with van der Waals surface area (Å²) in [6, 6.07) is 24.7. The van der Waals surface area contributed by atoms with E-state index in [9.17, 15) is 0 Å². The van der Waals surface area contributed by atoms with Crippen LogP contribution in [0.4, 0.5) is 0 Å². The van der Waals surface area contributed by atoms with Gasteiger partial charge < -0.3 is 4.65 Å². The summed E-state index contributed by atoms with van der Waals surface area (Å²) in [5.74, 6) is 0. The lowest BCUT2D eigenvalue weighted by Gasteiger charge is -2.15. The summed E-state index contributed by atoms with van der Waals surface area (Å²) < 4.78 is 6.18. The fourth-order valence-corrected chi connectivity index (χ4v) is 2.41. The lowest BCUT2D eigenvalue weighted by atomic mass is 9.55. The van der Waals surface area contributed by atoms with Gasteiger partial charge in [0, 0.05) is 6.20 Å². The smallest absolute Gasteiger partial charge is 0.361 e.